The van der Waals surface area contributed by atoms with E-state index in [1.807, 2.05) is 18.2 Å². The topological polar surface area (TPSA) is 62.3 Å². The molecule has 1 aromatic heterocycles. The standard InChI is InChI=1S/C28H33N3O2/c1-20-27(32-19-23-5-6-23)10-8-25-26(30-33-28(20)25)9-7-21-11-14-31(15-12-21)16-13-22-3-2-4-24(17-22)18-29/h2-4,8,10,17,21,23H,5-7,9,11-16,19H2,1H3. The SMILES string of the molecule is Cc1c(OCC2CC2)ccc2c(CCC3CCN(CCc4cccc(C#N)c4)CC3)noc12. The highest BCUT2D eigenvalue weighted by Crippen LogP contribution is 2.34. The molecule has 2 aromatic carbocycles. The van der Waals surface area contributed by atoms with Crippen molar-refractivity contribution in [3.05, 3.63) is 58.8 Å². The third-order valence-corrected chi connectivity index (χ3v) is 7.36. The Labute approximate surface area is 196 Å². The van der Waals surface area contributed by atoms with E-state index in [0.29, 0.717) is 0 Å². The number of piperidine rings is 1. The lowest BCUT2D eigenvalue weighted by Gasteiger charge is -2.31. The third kappa shape index (κ3) is 5.39. The summed E-state index contributed by atoms with van der Waals surface area (Å²) in [6, 6.07) is 14.4. The van der Waals surface area contributed by atoms with E-state index in [4.69, 9.17) is 14.5 Å². The van der Waals surface area contributed by atoms with Gasteiger partial charge in [-0.25, -0.2) is 0 Å². The molecule has 3 aromatic rings. The summed E-state index contributed by atoms with van der Waals surface area (Å²) in [4.78, 5) is 2.56. The fourth-order valence-corrected chi connectivity index (χ4v) is 4.92. The van der Waals surface area contributed by atoms with Crippen molar-refractivity contribution < 1.29 is 9.26 Å². The minimum atomic E-state index is 0.742. The molecule has 1 saturated carbocycles. The number of ether oxygens (including phenoxy) is 1. The number of fused-ring (bicyclic) bond motifs is 1. The van der Waals surface area contributed by atoms with Gasteiger partial charge in [-0.05, 0) is 107 Å². The zero-order valence-corrected chi connectivity index (χ0v) is 19.6. The van der Waals surface area contributed by atoms with Gasteiger partial charge in [-0.3, -0.25) is 0 Å². The molecule has 0 radical (unpaired) electrons. The predicted octanol–water partition coefficient (Wildman–Crippen LogP) is 5.68. The van der Waals surface area contributed by atoms with Crippen LogP contribution in [-0.4, -0.2) is 36.3 Å². The van der Waals surface area contributed by atoms with E-state index in [1.165, 1.54) is 37.7 Å². The molecule has 0 N–H and O–H groups in total. The summed E-state index contributed by atoms with van der Waals surface area (Å²) < 4.78 is 11.7. The first kappa shape index (κ1) is 22.0. The van der Waals surface area contributed by atoms with Crippen LogP contribution < -0.4 is 4.74 Å². The Morgan fingerprint density at radius 2 is 1.94 bits per heavy atom. The highest BCUT2D eigenvalue weighted by Gasteiger charge is 2.23. The molecule has 1 saturated heterocycles. The fraction of sp³-hybridized carbons (Fsp3) is 0.500. The molecule has 0 unspecified atom stereocenters. The van der Waals surface area contributed by atoms with Crippen LogP contribution in [0.15, 0.2) is 40.9 Å². The van der Waals surface area contributed by atoms with Gasteiger partial charge in [0, 0.05) is 17.5 Å². The van der Waals surface area contributed by atoms with Gasteiger partial charge in [0.2, 0.25) is 0 Å². The Kier molecular flexibility index (Phi) is 6.64. The van der Waals surface area contributed by atoms with Gasteiger partial charge in [-0.2, -0.15) is 5.26 Å². The summed E-state index contributed by atoms with van der Waals surface area (Å²) in [5, 5.41) is 14.6. The van der Waals surface area contributed by atoms with Crippen molar-refractivity contribution in [1.82, 2.24) is 10.1 Å². The highest BCUT2D eigenvalue weighted by atomic mass is 16.5. The number of aromatic nitrogens is 1. The number of aryl methyl sites for hydroxylation is 2. The fourth-order valence-electron chi connectivity index (χ4n) is 4.92. The molecule has 2 aliphatic rings. The molecule has 5 nitrogen and oxygen atoms in total. The summed E-state index contributed by atoms with van der Waals surface area (Å²) in [5.74, 6) is 2.42. The predicted molar refractivity (Wildman–Crippen MR) is 129 cm³/mol. The molecule has 2 heterocycles. The van der Waals surface area contributed by atoms with Crippen LogP contribution in [0.3, 0.4) is 0 Å². The monoisotopic (exact) mass is 443 g/mol. The molecular formula is C28H33N3O2. The average Bonchev–Trinajstić information content (AvgIpc) is 3.59. The summed E-state index contributed by atoms with van der Waals surface area (Å²) in [5.41, 5.74) is 5.05. The lowest BCUT2D eigenvalue weighted by atomic mass is 9.91. The van der Waals surface area contributed by atoms with Crippen LogP contribution in [0, 0.1) is 30.1 Å². The van der Waals surface area contributed by atoms with E-state index < -0.39 is 0 Å². The summed E-state index contributed by atoms with van der Waals surface area (Å²) in [7, 11) is 0. The second-order valence-corrected chi connectivity index (χ2v) is 9.83. The van der Waals surface area contributed by atoms with Gasteiger partial charge >= 0.3 is 0 Å². The molecule has 33 heavy (non-hydrogen) atoms. The Morgan fingerprint density at radius 3 is 2.73 bits per heavy atom. The summed E-state index contributed by atoms with van der Waals surface area (Å²) >= 11 is 0. The molecule has 5 heteroatoms. The summed E-state index contributed by atoms with van der Waals surface area (Å²) in [6.07, 6.45) is 8.22. The maximum Gasteiger partial charge on any atom is 0.173 e. The van der Waals surface area contributed by atoms with Crippen LogP contribution >= 0.6 is 0 Å². The van der Waals surface area contributed by atoms with Crippen molar-refractivity contribution in [3.8, 4) is 11.8 Å². The van der Waals surface area contributed by atoms with Crippen molar-refractivity contribution in [2.45, 2.75) is 51.9 Å². The number of nitriles is 1. The van der Waals surface area contributed by atoms with Crippen LogP contribution in [0.1, 0.15) is 54.5 Å². The van der Waals surface area contributed by atoms with Crippen molar-refractivity contribution >= 4 is 11.0 Å². The zero-order valence-electron chi connectivity index (χ0n) is 19.6. The van der Waals surface area contributed by atoms with E-state index in [2.05, 4.69) is 41.2 Å². The smallest absolute Gasteiger partial charge is 0.173 e. The van der Waals surface area contributed by atoms with E-state index in [-0.39, 0.29) is 0 Å². The van der Waals surface area contributed by atoms with Gasteiger partial charge in [0.25, 0.3) is 0 Å². The average molecular weight is 444 g/mol. The maximum atomic E-state index is 9.08. The lowest BCUT2D eigenvalue weighted by molar-refractivity contribution is 0.180. The van der Waals surface area contributed by atoms with Crippen LogP contribution in [0.4, 0.5) is 0 Å². The van der Waals surface area contributed by atoms with E-state index in [1.54, 1.807) is 0 Å². The molecular weight excluding hydrogens is 410 g/mol. The minimum Gasteiger partial charge on any atom is -0.493 e. The normalized spacial score (nSPS) is 17.3. The van der Waals surface area contributed by atoms with E-state index in [9.17, 15) is 0 Å². The molecule has 172 valence electrons. The molecule has 1 aliphatic carbocycles. The molecule has 0 spiro atoms. The number of rotatable bonds is 9. The first-order valence-electron chi connectivity index (χ1n) is 12.4. The van der Waals surface area contributed by atoms with Crippen LogP contribution in [0.25, 0.3) is 11.0 Å². The van der Waals surface area contributed by atoms with E-state index >= 15 is 0 Å². The molecule has 5 rings (SSSR count). The van der Waals surface area contributed by atoms with Crippen molar-refractivity contribution in [2.75, 3.05) is 26.2 Å². The molecule has 0 bridgehead atoms. The zero-order chi connectivity index (χ0) is 22.6. The van der Waals surface area contributed by atoms with Crippen LogP contribution in [-0.2, 0) is 12.8 Å². The number of likely N-dealkylation sites (tertiary alicyclic amines) is 1. The van der Waals surface area contributed by atoms with Crippen molar-refractivity contribution in [2.24, 2.45) is 11.8 Å². The lowest BCUT2D eigenvalue weighted by Crippen LogP contribution is -2.35. The van der Waals surface area contributed by atoms with Gasteiger partial charge in [0.05, 0.1) is 23.9 Å². The Bertz CT molecular complexity index is 1130. The molecule has 1 aliphatic heterocycles. The second kappa shape index (κ2) is 9.97. The van der Waals surface area contributed by atoms with Gasteiger partial charge in [0.15, 0.2) is 5.58 Å². The third-order valence-electron chi connectivity index (χ3n) is 7.36. The maximum absolute atomic E-state index is 9.08. The van der Waals surface area contributed by atoms with Gasteiger partial charge in [-0.1, -0.05) is 17.3 Å². The molecule has 2 fully saturated rings. The number of hydrogen-bond donors (Lipinski definition) is 0. The van der Waals surface area contributed by atoms with E-state index in [0.717, 1.165) is 84.5 Å². The Hall–Kier alpha value is -2.84. The Morgan fingerprint density at radius 1 is 1.09 bits per heavy atom. The van der Waals surface area contributed by atoms with Gasteiger partial charge in [-0.15, -0.1) is 0 Å². The number of nitrogens with zero attached hydrogens (tertiary/aromatic N) is 3. The first-order chi connectivity index (χ1) is 16.2. The largest absolute Gasteiger partial charge is 0.493 e. The minimum absolute atomic E-state index is 0.742. The number of benzene rings is 2. The quantitative estimate of drug-likeness (QED) is 0.425. The molecule has 0 atom stereocenters. The van der Waals surface area contributed by atoms with Crippen molar-refractivity contribution in [3.63, 3.8) is 0 Å². The van der Waals surface area contributed by atoms with Crippen LogP contribution in [0.2, 0.25) is 0 Å². The van der Waals surface area contributed by atoms with Crippen LogP contribution in [0.5, 0.6) is 5.75 Å². The van der Waals surface area contributed by atoms with Gasteiger partial charge in [0.1, 0.15) is 5.75 Å². The Balaban J connectivity index is 1.09. The van der Waals surface area contributed by atoms with Crippen molar-refractivity contribution in [1.29, 1.82) is 5.26 Å². The highest BCUT2D eigenvalue weighted by molar-refractivity contribution is 5.84. The number of hydrogen-bond acceptors (Lipinski definition) is 5. The summed E-state index contributed by atoms with van der Waals surface area (Å²) in [6.45, 7) is 6.27. The first-order valence-corrected chi connectivity index (χ1v) is 12.4. The molecule has 0 amide bonds. The second-order valence-electron chi connectivity index (χ2n) is 9.83. The van der Waals surface area contributed by atoms with Gasteiger partial charge < -0.3 is 14.2 Å².